The van der Waals surface area contributed by atoms with Gasteiger partial charge in [-0.2, -0.15) is 0 Å². The monoisotopic (exact) mass is 282 g/mol. The Morgan fingerprint density at radius 3 is 2.00 bits per heavy atom. The van der Waals surface area contributed by atoms with Gasteiger partial charge in [-0.1, -0.05) is 13.3 Å². The molecule has 0 saturated carbocycles. The Hall–Kier alpha value is 0.882. The predicted molar refractivity (Wildman–Crippen MR) is 27.7 cm³/mol. The molecule has 4 radical (unpaired) electrons. The first-order valence-corrected chi connectivity index (χ1v) is 2.02. The fraction of sp³-hybridized carbons (Fsp3) is 1.00. The number of aliphatic hydroxyl groups is 1. The Labute approximate surface area is 58.9 Å². The SMILES string of the molecule is CCCCO.[Pb]. The maximum Gasteiger partial charge on any atom is 0.0430 e. The second-order valence-electron chi connectivity index (χ2n) is 1.08. The summed E-state index contributed by atoms with van der Waals surface area (Å²) in [6, 6.07) is 0. The molecule has 0 atom stereocenters. The molecule has 0 saturated heterocycles. The van der Waals surface area contributed by atoms with E-state index in [1.165, 1.54) is 0 Å². The van der Waals surface area contributed by atoms with Gasteiger partial charge in [-0.05, 0) is 6.42 Å². The zero-order chi connectivity index (χ0) is 4.12. The van der Waals surface area contributed by atoms with Crippen LogP contribution >= 0.6 is 0 Å². The number of aliphatic hydroxyl groups excluding tert-OH is 1. The smallest absolute Gasteiger partial charge is 0.0430 e. The van der Waals surface area contributed by atoms with Gasteiger partial charge in [-0.25, -0.2) is 0 Å². The van der Waals surface area contributed by atoms with Crippen molar-refractivity contribution in [1.82, 2.24) is 0 Å². The Morgan fingerprint density at radius 1 is 1.50 bits per heavy atom. The van der Waals surface area contributed by atoms with Crippen LogP contribution in [-0.2, 0) is 0 Å². The molecule has 0 aromatic rings. The molecule has 0 fully saturated rings. The van der Waals surface area contributed by atoms with E-state index in [1.807, 2.05) is 0 Å². The molecule has 0 aliphatic carbocycles. The van der Waals surface area contributed by atoms with Gasteiger partial charge in [0, 0.05) is 33.9 Å². The zero-order valence-corrected chi connectivity index (χ0v) is 7.96. The van der Waals surface area contributed by atoms with Crippen molar-refractivity contribution in [3.05, 3.63) is 0 Å². The summed E-state index contributed by atoms with van der Waals surface area (Å²) in [5.74, 6) is 0. The molecule has 0 spiro atoms. The van der Waals surface area contributed by atoms with Crippen molar-refractivity contribution < 1.29 is 5.11 Å². The standard InChI is InChI=1S/C4H10O.Pb/c1-2-3-4-5;/h5H,2-4H2,1H3;. The third-order valence-electron chi connectivity index (χ3n) is 0.512. The van der Waals surface area contributed by atoms with Crippen LogP contribution in [0, 0.1) is 0 Å². The fourth-order valence-corrected chi connectivity index (χ4v) is 0.158. The van der Waals surface area contributed by atoms with Crippen LogP contribution in [0.4, 0.5) is 0 Å². The van der Waals surface area contributed by atoms with E-state index in [0.29, 0.717) is 6.61 Å². The van der Waals surface area contributed by atoms with Gasteiger partial charge in [0.15, 0.2) is 0 Å². The van der Waals surface area contributed by atoms with E-state index in [4.69, 9.17) is 5.11 Å². The van der Waals surface area contributed by atoms with E-state index in [2.05, 4.69) is 6.92 Å². The quantitative estimate of drug-likeness (QED) is 0.726. The normalized spacial score (nSPS) is 7.00. The van der Waals surface area contributed by atoms with E-state index in [9.17, 15) is 0 Å². The van der Waals surface area contributed by atoms with Crippen LogP contribution in [0.5, 0.6) is 0 Å². The van der Waals surface area contributed by atoms with Gasteiger partial charge in [0.25, 0.3) is 0 Å². The Morgan fingerprint density at radius 2 is 2.00 bits per heavy atom. The number of rotatable bonds is 2. The predicted octanol–water partition coefficient (Wildman–Crippen LogP) is 0.398. The minimum Gasteiger partial charge on any atom is -0.396 e. The molecule has 36 valence electrons. The van der Waals surface area contributed by atoms with Crippen LogP contribution in [0.3, 0.4) is 0 Å². The molecular weight excluding hydrogens is 271 g/mol. The average Bonchev–Trinajstić information content (AvgIpc) is 1.41. The Kier molecular flexibility index (Phi) is 15.5. The van der Waals surface area contributed by atoms with Gasteiger partial charge in [0.1, 0.15) is 0 Å². The molecule has 0 amide bonds. The summed E-state index contributed by atoms with van der Waals surface area (Å²) in [6.45, 7) is 2.40. The number of hydrogen-bond donors (Lipinski definition) is 1. The van der Waals surface area contributed by atoms with Crippen LogP contribution in [0.1, 0.15) is 19.8 Å². The second kappa shape index (κ2) is 9.30. The summed E-state index contributed by atoms with van der Waals surface area (Å²) in [5.41, 5.74) is 0. The van der Waals surface area contributed by atoms with Crippen molar-refractivity contribution in [3.63, 3.8) is 0 Å². The van der Waals surface area contributed by atoms with Crippen LogP contribution in [0.25, 0.3) is 0 Å². The maximum absolute atomic E-state index is 8.07. The van der Waals surface area contributed by atoms with Crippen LogP contribution in [0.2, 0.25) is 0 Å². The molecule has 0 unspecified atom stereocenters. The molecule has 6 heavy (non-hydrogen) atoms. The molecule has 1 nitrogen and oxygen atoms in total. The average molecular weight is 281 g/mol. The Bertz CT molecular complexity index is 15.0. The first-order valence-electron chi connectivity index (χ1n) is 2.02. The summed E-state index contributed by atoms with van der Waals surface area (Å²) >= 11 is 0. The van der Waals surface area contributed by atoms with Gasteiger partial charge in [-0.15, -0.1) is 0 Å². The molecule has 0 aromatic heterocycles. The first kappa shape index (κ1) is 9.99. The molecule has 1 N–H and O–H groups in total. The molecule has 0 aliphatic rings. The minimum absolute atomic E-state index is 0. The van der Waals surface area contributed by atoms with E-state index in [1.54, 1.807) is 0 Å². The summed E-state index contributed by atoms with van der Waals surface area (Å²) < 4.78 is 0. The molecule has 2 heteroatoms. The van der Waals surface area contributed by atoms with Crippen molar-refractivity contribution in [2.24, 2.45) is 0 Å². The number of hydrogen-bond acceptors (Lipinski definition) is 1. The van der Waals surface area contributed by atoms with Crippen LogP contribution in [-0.4, -0.2) is 39.0 Å². The third-order valence-corrected chi connectivity index (χ3v) is 0.512. The van der Waals surface area contributed by atoms with Crippen molar-refractivity contribution in [2.75, 3.05) is 6.61 Å². The van der Waals surface area contributed by atoms with Gasteiger partial charge >= 0.3 is 0 Å². The summed E-state index contributed by atoms with van der Waals surface area (Å²) in [5, 5.41) is 8.07. The molecule has 0 bridgehead atoms. The van der Waals surface area contributed by atoms with E-state index in [0.717, 1.165) is 12.8 Å². The van der Waals surface area contributed by atoms with E-state index >= 15 is 0 Å². The van der Waals surface area contributed by atoms with Crippen molar-refractivity contribution in [2.45, 2.75) is 19.8 Å². The topological polar surface area (TPSA) is 20.2 Å². The summed E-state index contributed by atoms with van der Waals surface area (Å²) in [4.78, 5) is 0. The second-order valence-corrected chi connectivity index (χ2v) is 1.08. The molecular formula is C4H10OPb. The number of unbranched alkanes of at least 4 members (excludes halogenated alkanes) is 1. The van der Waals surface area contributed by atoms with Gasteiger partial charge in [0.05, 0.1) is 0 Å². The third kappa shape index (κ3) is 8.86. The van der Waals surface area contributed by atoms with E-state index < -0.39 is 0 Å². The van der Waals surface area contributed by atoms with Gasteiger partial charge in [-0.3, -0.25) is 0 Å². The largest absolute Gasteiger partial charge is 0.396 e. The molecule has 0 aromatic carbocycles. The van der Waals surface area contributed by atoms with Gasteiger partial charge < -0.3 is 5.11 Å². The first-order chi connectivity index (χ1) is 2.41. The molecule has 0 rings (SSSR count). The summed E-state index contributed by atoms with van der Waals surface area (Å²) in [6.07, 6.45) is 2.04. The van der Waals surface area contributed by atoms with Crippen LogP contribution in [0.15, 0.2) is 0 Å². The zero-order valence-electron chi connectivity index (χ0n) is 4.07. The molecule has 0 heterocycles. The maximum atomic E-state index is 8.07. The van der Waals surface area contributed by atoms with Crippen molar-refractivity contribution in [1.29, 1.82) is 0 Å². The Balaban J connectivity index is 0. The van der Waals surface area contributed by atoms with Crippen molar-refractivity contribution >= 4 is 27.3 Å². The summed E-state index contributed by atoms with van der Waals surface area (Å²) in [7, 11) is 0. The molecule has 0 aliphatic heterocycles. The van der Waals surface area contributed by atoms with Gasteiger partial charge in [0.2, 0.25) is 0 Å². The van der Waals surface area contributed by atoms with E-state index in [-0.39, 0.29) is 27.3 Å². The fourth-order valence-electron chi connectivity index (χ4n) is 0.158. The minimum atomic E-state index is 0. The van der Waals surface area contributed by atoms with Crippen LogP contribution < -0.4 is 0 Å². The van der Waals surface area contributed by atoms with Crippen molar-refractivity contribution in [3.8, 4) is 0 Å².